The fourth-order valence-corrected chi connectivity index (χ4v) is 2.63. The van der Waals surface area contributed by atoms with E-state index in [0.717, 1.165) is 0 Å². The van der Waals surface area contributed by atoms with Gasteiger partial charge in [-0.05, 0) is 18.2 Å². The summed E-state index contributed by atoms with van der Waals surface area (Å²) in [6, 6.07) is 3.93. The minimum Gasteiger partial charge on any atom is -0.340 e. The van der Waals surface area contributed by atoms with Gasteiger partial charge in [-0.3, -0.25) is 4.79 Å². The lowest BCUT2D eigenvalue weighted by molar-refractivity contribution is 0.102. The number of imidazole rings is 1. The number of rotatable bonds is 3. The molecule has 0 aliphatic heterocycles. The lowest BCUT2D eigenvalue weighted by Crippen LogP contribution is -2.14. The molecule has 1 aromatic carbocycles. The maximum atomic E-state index is 11.8. The van der Waals surface area contributed by atoms with E-state index in [1.54, 1.807) is 17.8 Å². The van der Waals surface area contributed by atoms with Crippen LogP contribution in [0.2, 0.25) is 5.02 Å². The summed E-state index contributed by atoms with van der Waals surface area (Å²) in [6.07, 6.45) is 3.04. The first-order valence-electron chi connectivity index (χ1n) is 5.39. The summed E-state index contributed by atoms with van der Waals surface area (Å²) in [5, 5.41) is 7.48. The van der Waals surface area contributed by atoms with Crippen LogP contribution in [0.4, 0.5) is 5.69 Å². The zero-order chi connectivity index (χ0) is 14.9. The molecule has 0 radical (unpaired) electrons. The third-order valence-electron chi connectivity index (χ3n) is 2.43. The summed E-state index contributed by atoms with van der Waals surface area (Å²) in [4.78, 5) is 15.5. The van der Waals surface area contributed by atoms with Gasteiger partial charge < -0.3 is 9.88 Å². The number of aromatic nitrogens is 2. The standard InChI is InChI=1S/C11H11ClN4O3S/c1-16-5-9(14-6-16)11(17)15-7-2-3-10(8(12)4-7)20(13,18)19/h2-6H,1H3,(H,15,17)(H2,13,18,19). The van der Waals surface area contributed by atoms with Gasteiger partial charge in [-0.1, -0.05) is 11.6 Å². The van der Waals surface area contributed by atoms with Crippen molar-refractivity contribution in [2.45, 2.75) is 4.90 Å². The summed E-state index contributed by atoms with van der Waals surface area (Å²) in [5.41, 5.74) is 0.581. The molecular weight excluding hydrogens is 304 g/mol. The molecule has 0 aliphatic rings. The van der Waals surface area contributed by atoms with Gasteiger partial charge in [0.2, 0.25) is 10.0 Å². The number of halogens is 1. The van der Waals surface area contributed by atoms with Crippen molar-refractivity contribution in [3.8, 4) is 0 Å². The molecule has 3 N–H and O–H groups in total. The molecule has 2 rings (SSSR count). The Morgan fingerprint density at radius 2 is 2.15 bits per heavy atom. The van der Waals surface area contributed by atoms with Gasteiger partial charge in [-0.15, -0.1) is 0 Å². The number of nitrogens with one attached hydrogen (secondary N) is 1. The van der Waals surface area contributed by atoms with Gasteiger partial charge in [0, 0.05) is 18.9 Å². The molecule has 0 saturated heterocycles. The molecule has 7 nitrogen and oxygen atoms in total. The van der Waals surface area contributed by atoms with Gasteiger partial charge >= 0.3 is 0 Å². The predicted molar refractivity (Wildman–Crippen MR) is 74.0 cm³/mol. The largest absolute Gasteiger partial charge is 0.340 e. The number of amides is 1. The van der Waals surface area contributed by atoms with Crippen molar-refractivity contribution in [2.75, 3.05) is 5.32 Å². The molecule has 0 fully saturated rings. The molecule has 106 valence electrons. The van der Waals surface area contributed by atoms with Crippen molar-refractivity contribution < 1.29 is 13.2 Å². The number of nitrogens with two attached hydrogens (primary N) is 1. The molecule has 1 aromatic heterocycles. The number of nitrogens with zero attached hydrogens (tertiary/aromatic N) is 2. The van der Waals surface area contributed by atoms with Crippen LogP contribution in [0.5, 0.6) is 0 Å². The van der Waals surface area contributed by atoms with Crippen LogP contribution in [-0.2, 0) is 17.1 Å². The summed E-state index contributed by atoms with van der Waals surface area (Å²) < 4.78 is 24.0. The molecule has 0 unspecified atom stereocenters. The van der Waals surface area contributed by atoms with Gasteiger partial charge in [-0.2, -0.15) is 0 Å². The number of carbonyl (C=O) groups excluding carboxylic acids is 1. The molecule has 0 saturated carbocycles. The third kappa shape index (κ3) is 3.16. The second-order valence-corrected chi connectivity index (χ2v) is 6.01. The van der Waals surface area contributed by atoms with Crippen molar-refractivity contribution in [2.24, 2.45) is 12.2 Å². The quantitative estimate of drug-likeness (QED) is 0.880. The average Bonchev–Trinajstić information content (AvgIpc) is 2.74. The molecule has 0 spiro atoms. The number of benzene rings is 1. The summed E-state index contributed by atoms with van der Waals surface area (Å²) >= 11 is 5.82. The molecule has 2 aromatic rings. The number of carbonyl (C=O) groups is 1. The fourth-order valence-electron chi connectivity index (χ4n) is 1.53. The first kappa shape index (κ1) is 14.5. The molecule has 0 aliphatic carbocycles. The predicted octanol–water partition coefficient (Wildman–Crippen LogP) is 0.973. The van der Waals surface area contributed by atoms with E-state index in [2.05, 4.69) is 10.3 Å². The topological polar surface area (TPSA) is 107 Å². The number of hydrogen-bond donors (Lipinski definition) is 2. The van der Waals surface area contributed by atoms with Gasteiger partial charge in [-0.25, -0.2) is 18.5 Å². The van der Waals surface area contributed by atoms with Crippen LogP contribution in [0.25, 0.3) is 0 Å². The second-order valence-electron chi connectivity index (χ2n) is 4.07. The Hall–Kier alpha value is -1.90. The molecule has 9 heteroatoms. The number of sulfonamides is 1. The molecule has 1 heterocycles. The molecule has 20 heavy (non-hydrogen) atoms. The van der Waals surface area contributed by atoms with E-state index in [1.807, 2.05) is 0 Å². The number of hydrogen-bond acceptors (Lipinski definition) is 4. The number of anilines is 1. The van der Waals surface area contributed by atoms with Gasteiger partial charge in [0.05, 0.1) is 11.3 Å². The fraction of sp³-hybridized carbons (Fsp3) is 0.0909. The van der Waals surface area contributed by atoms with Gasteiger partial charge in [0.15, 0.2) is 0 Å². The monoisotopic (exact) mass is 314 g/mol. The SMILES string of the molecule is Cn1cnc(C(=O)Nc2ccc(S(N)(=O)=O)c(Cl)c2)c1. The Morgan fingerprint density at radius 1 is 1.45 bits per heavy atom. The Bertz CT molecular complexity index is 770. The minimum absolute atomic E-state index is 0.0636. The van der Waals surface area contributed by atoms with Crippen LogP contribution in [-0.4, -0.2) is 23.9 Å². The average molecular weight is 315 g/mol. The van der Waals surface area contributed by atoms with E-state index in [1.165, 1.54) is 24.5 Å². The Kier molecular flexibility index (Phi) is 3.80. The Balaban J connectivity index is 2.23. The van der Waals surface area contributed by atoms with Crippen LogP contribution < -0.4 is 10.5 Å². The normalized spacial score (nSPS) is 11.3. The smallest absolute Gasteiger partial charge is 0.275 e. The number of primary sulfonamides is 1. The van der Waals surface area contributed by atoms with E-state index < -0.39 is 15.9 Å². The highest BCUT2D eigenvalue weighted by Crippen LogP contribution is 2.24. The van der Waals surface area contributed by atoms with Crippen molar-refractivity contribution >= 4 is 33.2 Å². The number of aryl methyl sites for hydroxylation is 1. The summed E-state index contributed by atoms with van der Waals surface area (Å²) in [5.74, 6) is -0.426. The van der Waals surface area contributed by atoms with E-state index in [4.69, 9.17) is 16.7 Å². The van der Waals surface area contributed by atoms with Gasteiger partial charge in [0.25, 0.3) is 5.91 Å². The van der Waals surface area contributed by atoms with E-state index >= 15 is 0 Å². The Labute approximate surface area is 120 Å². The molecule has 0 bridgehead atoms. The van der Waals surface area contributed by atoms with Gasteiger partial charge in [0.1, 0.15) is 10.6 Å². The summed E-state index contributed by atoms with van der Waals surface area (Å²) in [6.45, 7) is 0. The van der Waals surface area contributed by atoms with Crippen molar-refractivity contribution in [3.63, 3.8) is 0 Å². The second kappa shape index (κ2) is 5.23. The highest BCUT2D eigenvalue weighted by atomic mass is 35.5. The van der Waals surface area contributed by atoms with Crippen LogP contribution in [0, 0.1) is 0 Å². The zero-order valence-electron chi connectivity index (χ0n) is 10.4. The highest BCUT2D eigenvalue weighted by Gasteiger charge is 2.14. The maximum Gasteiger partial charge on any atom is 0.275 e. The maximum absolute atomic E-state index is 11.8. The van der Waals surface area contributed by atoms with E-state index in [9.17, 15) is 13.2 Å². The van der Waals surface area contributed by atoms with Crippen LogP contribution in [0.3, 0.4) is 0 Å². The molecule has 1 amide bonds. The molecular formula is C11H11ClN4O3S. The van der Waals surface area contributed by atoms with Crippen molar-refractivity contribution in [1.82, 2.24) is 9.55 Å². The van der Waals surface area contributed by atoms with Crippen molar-refractivity contribution in [3.05, 3.63) is 41.4 Å². The highest BCUT2D eigenvalue weighted by molar-refractivity contribution is 7.89. The zero-order valence-corrected chi connectivity index (χ0v) is 11.9. The Morgan fingerprint density at radius 3 is 2.65 bits per heavy atom. The lowest BCUT2D eigenvalue weighted by atomic mass is 10.3. The lowest BCUT2D eigenvalue weighted by Gasteiger charge is -2.06. The van der Waals surface area contributed by atoms with Crippen LogP contribution in [0.1, 0.15) is 10.5 Å². The van der Waals surface area contributed by atoms with E-state index in [-0.39, 0.29) is 15.6 Å². The minimum atomic E-state index is -3.89. The first-order chi connectivity index (χ1) is 9.27. The van der Waals surface area contributed by atoms with E-state index in [0.29, 0.717) is 5.69 Å². The van der Waals surface area contributed by atoms with Crippen LogP contribution in [0.15, 0.2) is 35.6 Å². The molecule has 0 atom stereocenters. The van der Waals surface area contributed by atoms with Crippen molar-refractivity contribution in [1.29, 1.82) is 0 Å². The first-order valence-corrected chi connectivity index (χ1v) is 7.31. The van der Waals surface area contributed by atoms with Crippen LogP contribution >= 0.6 is 11.6 Å². The summed E-state index contributed by atoms with van der Waals surface area (Å²) in [7, 11) is -2.15. The third-order valence-corrected chi connectivity index (χ3v) is 3.83.